The summed E-state index contributed by atoms with van der Waals surface area (Å²) in [6.45, 7) is 1.17. The highest BCUT2D eigenvalue weighted by atomic mass is 19.1. The van der Waals surface area contributed by atoms with Gasteiger partial charge in [0.1, 0.15) is 5.82 Å². The van der Waals surface area contributed by atoms with E-state index in [-0.39, 0.29) is 17.6 Å². The van der Waals surface area contributed by atoms with E-state index in [1.807, 2.05) is 6.07 Å². The van der Waals surface area contributed by atoms with Gasteiger partial charge in [0.25, 0.3) is 5.91 Å². The third-order valence-electron chi connectivity index (χ3n) is 4.11. The highest BCUT2D eigenvalue weighted by molar-refractivity contribution is 5.99. The third kappa shape index (κ3) is 3.79. The molecule has 3 rings (SSSR count). The molecule has 1 aliphatic rings. The first kappa shape index (κ1) is 16.2. The lowest BCUT2D eigenvalue weighted by Crippen LogP contribution is -2.27. The summed E-state index contributed by atoms with van der Waals surface area (Å²) in [5.41, 5.74) is 2.27. The average molecular weight is 326 g/mol. The van der Waals surface area contributed by atoms with Crippen LogP contribution in [0.4, 0.5) is 10.1 Å². The van der Waals surface area contributed by atoms with Crippen LogP contribution < -0.4 is 10.2 Å². The van der Waals surface area contributed by atoms with E-state index >= 15 is 0 Å². The average Bonchev–Trinajstić information content (AvgIpc) is 3.03. The van der Waals surface area contributed by atoms with E-state index in [1.165, 1.54) is 12.1 Å². The number of amides is 2. The van der Waals surface area contributed by atoms with E-state index in [4.69, 9.17) is 0 Å². The van der Waals surface area contributed by atoms with E-state index in [0.717, 1.165) is 17.7 Å². The van der Waals surface area contributed by atoms with Crippen LogP contribution in [0.3, 0.4) is 0 Å². The van der Waals surface area contributed by atoms with Gasteiger partial charge in [0.15, 0.2) is 0 Å². The lowest BCUT2D eigenvalue weighted by atomic mass is 10.1. The number of nitrogens with zero attached hydrogens (tertiary/aromatic N) is 1. The van der Waals surface area contributed by atoms with Crippen molar-refractivity contribution >= 4 is 17.5 Å². The number of benzene rings is 2. The topological polar surface area (TPSA) is 49.4 Å². The summed E-state index contributed by atoms with van der Waals surface area (Å²) in [5, 5.41) is 2.85. The maximum atomic E-state index is 12.9. The fraction of sp³-hybridized carbons (Fsp3) is 0.263. The molecule has 0 atom stereocenters. The van der Waals surface area contributed by atoms with Crippen molar-refractivity contribution in [3.05, 3.63) is 65.5 Å². The fourth-order valence-electron chi connectivity index (χ4n) is 2.81. The van der Waals surface area contributed by atoms with Gasteiger partial charge in [-0.3, -0.25) is 9.59 Å². The second-order valence-corrected chi connectivity index (χ2v) is 5.83. The van der Waals surface area contributed by atoms with Crippen LogP contribution in [0.2, 0.25) is 0 Å². The van der Waals surface area contributed by atoms with Crippen LogP contribution in [0.15, 0.2) is 48.5 Å². The number of halogens is 1. The van der Waals surface area contributed by atoms with Crippen LogP contribution in [-0.2, 0) is 11.2 Å². The van der Waals surface area contributed by atoms with Crippen molar-refractivity contribution in [3.8, 4) is 0 Å². The molecule has 0 radical (unpaired) electrons. The maximum Gasteiger partial charge on any atom is 0.251 e. The summed E-state index contributed by atoms with van der Waals surface area (Å²) in [6.07, 6.45) is 2.05. The molecule has 2 aromatic carbocycles. The molecule has 0 aromatic heterocycles. The second-order valence-electron chi connectivity index (χ2n) is 5.83. The first-order valence-corrected chi connectivity index (χ1v) is 8.06. The molecule has 0 bridgehead atoms. The highest BCUT2D eigenvalue weighted by Gasteiger charge is 2.22. The minimum atomic E-state index is -0.268. The number of carbonyl (C=O) groups is 2. The minimum Gasteiger partial charge on any atom is -0.352 e. The molecule has 1 N–H and O–H groups in total. The Balaban J connectivity index is 1.58. The molecular formula is C19H19FN2O2. The molecule has 4 nitrogen and oxygen atoms in total. The van der Waals surface area contributed by atoms with E-state index in [2.05, 4.69) is 5.32 Å². The lowest BCUT2D eigenvalue weighted by Gasteiger charge is -2.16. The van der Waals surface area contributed by atoms with Crippen molar-refractivity contribution < 1.29 is 14.0 Å². The Morgan fingerprint density at radius 2 is 1.96 bits per heavy atom. The van der Waals surface area contributed by atoms with Crippen LogP contribution in [0.25, 0.3) is 0 Å². The van der Waals surface area contributed by atoms with E-state index in [1.54, 1.807) is 35.2 Å². The summed E-state index contributed by atoms with van der Waals surface area (Å²) in [4.78, 5) is 25.8. The van der Waals surface area contributed by atoms with Gasteiger partial charge in [-0.2, -0.15) is 0 Å². The number of rotatable bonds is 5. The molecule has 24 heavy (non-hydrogen) atoms. The van der Waals surface area contributed by atoms with E-state index in [9.17, 15) is 14.0 Å². The lowest BCUT2D eigenvalue weighted by molar-refractivity contribution is -0.117. The van der Waals surface area contributed by atoms with Gasteiger partial charge in [-0.1, -0.05) is 18.2 Å². The summed E-state index contributed by atoms with van der Waals surface area (Å²) in [5.74, 6) is -0.342. The Kier molecular flexibility index (Phi) is 4.89. The Hall–Kier alpha value is -2.69. The van der Waals surface area contributed by atoms with Crippen LogP contribution >= 0.6 is 0 Å². The zero-order valence-corrected chi connectivity index (χ0v) is 13.3. The molecule has 2 aromatic rings. The molecule has 5 heteroatoms. The number of hydrogen-bond acceptors (Lipinski definition) is 2. The largest absolute Gasteiger partial charge is 0.352 e. The Morgan fingerprint density at radius 1 is 1.17 bits per heavy atom. The van der Waals surface area contributed by atoms with E-state index in [0.29, 0.717) is 31.5 Å². The smallest absolute Gasteiger partial charge is 0.251 e. The molecule has 124 valence electrons. The molecular weight excluding hydrogens is 307 g/mol. The van der Waals surface area contributed by atoms with Crippen molar-refractivity contribution in [2.45, 2.75) is 19.3 Å². The molecule has 0 aliphatic carbocycles. The quantitative estimate of drug-likeness (QED) is 0.918. The molecule has 1 heterocycles. The van der Waals surface area contributed by atoms with Gasteiger partial charge in [0, 0.05) is 30.8 Å². The second kappa shape index (κ2) is 7.25. The zero-order valence-electron chi connectivity index (χ0n) is 13.3. The summed E-state index contributed by atoms with van der Waals surface area (Å²) in [6, 6.07) is 13.4. The molecule has 1 aliphatic heterocycles. The van der Waals surface area contributed by atoms with Gasteiger partial charge in [-0.05, 0) is 48.7 Å². The van der Waals surface area contributed by atoms with Crippen LogP contribution in [0.5, 0.6) is 0 Å². The molecule has 0 spiro atoms. The van der Waals surface area contributed by atoms with Crippen LogP contribution in [0, 0.1) is 5.82 Å². The van der Waals surface area contributed by atoms with Crippen LogP contribution in [0.1, 0.15) is 28.8 Å². The van der Waals surface area contributed by atoms with Crippen molar-refractivity contribution in [3.63, 3.8) is 0 Å². The Labute approximate surface area is 140 Å². The van der Waals surface area contributed by atoms with Gasteiger partial charge < -0.3 is 10.2 Å². The predicted octanol–water partition coefficient (Wildman–Crippen LogP) is 2.93. The van der Waals surface area contributed by atoms with Crippen molar-refractivity contribution in [2.24, 2.45) is 0 Å². The Bertz CT molecular complexity index is 743. The molecule has 1 saturated heterocycles. The molecule has 1 fully saturated rings. The summed E-state index contributed by atoms with van der Waals surface area (Å²) >= 11 is 0. The maximum absolute atomic E-state index is 12.9. The number of nitrogens with one attached hydrogen (secondary N) is 1. The summed E-state index contributed by atoms with van der Waals surface area (Å²) in [7, 11) is 0. The molecule has 0 unspecified atom stereocenters. The van der Waals surface area contributed by atoms with E-state index < -0.39 is 0 Å². The van der Waals surface area contributed by atoms with Gasteiger partial charge in [0.2, 0.25) is 5.91 Å². The number of anilines is 1. The van der Waals surface area contributed by atoms with Crippen LogP contribution in [-0.4, -0.2) is 24.9 Å². The number of hydrogen-bond donors (Lipinski definition) is 1. The zero-order chi connectivity index (χ0) is 16.9. The van der Waals surface area contributed by atoms with Gasteiger partial charge in [0.05, 0.1) is 0 Å². The first-order valence-electron chi connectivity index (χ1n) is 8.06. The van der Waals surface area contributed by atoms with Gasteiger partial charge >= 0.3 is 0 Å². The molecule has 2 amide bonds. The predicted molar refractivity (Wildman–Crippen MR) is 90.5 cm³/mol. The monoisotopic (exact) mass is 326 g/mol. The highest BCUT2D eigenvalue weighted by Crippen LogP contribution is 2.22. The summed E-state index contributed by atoms with van der Waals surface area (Å²) < 4.78 is 12.9. The molecule has 0 saturated carbocycles. The number of carbonyl (C=O) groups excluding carboxylic acids is 2. The fourth-order valence-corrected chi connectivity index (χ4v) is 2.81. The van der Waals surface area contributed by atoms with Gasteiger partial charge in [-0.25, -0.2) is 4.39 Å². The first-order chi connectivity index (χ1) is 11.6. The standard InChI is InChI=1S/C19H19FN2O2/c20-16-8-6-14(7-9-16)10-11-21-19(24)15-3-1-4-17(13-15)22-12-2-5-18(22)23/h1,3-4,6-9,13H,2,5,10-12H2,(H,21,24). The SMILES string of the molecule is O=C(NCCc1ccc(F)cc1)c1cccc(N2CCCC2=O)c1. The third-order valence-corrected chi connectivity index (χ3v) is 4.11. The van der Waals surface area contributed by atoms with Crippen molar-refractivity contribution in [1.29, 1.82) is 0 Å². The minimum absolute atomic E-state index is 0.101. The van der Waals surface area contributed by atoms with Crippen molar-refractivity contribution in [2.75, 3.05) is 18.0 Å². The Morgan fingerprint density at radius 3 is 2.67 bits per heavy atom. The van der Waals surface area contributed by atoms with Gasteiger partial charge in [-0.15, -0.1) is 0 Å². The normalized spacial score (nSPS) is 14.0. The van der Waals surface area contributed by atoms with Crippen molar-refractivity contribution in [1.82, 2.24) is 5.32 Å².